The van der Waals surface area contributed by atoms with E-state index in [4.69, 9.17) is 9.73 Å². The maximum absolute atomic E-state index is 5.52. The Morgan fingerprint density at radius 1 is 0.853 bits per heavy atom. The summed E-state index contributed by atoms with van der Waals surface area (Å²) in [5.74, 6) is 1.81. The molecule has 34 heavy (non-hydrogen) atoms. The number of para-hydroxylation sites is 1. The SMILES string of the molecule is COc1ccccc1/C(N=Nc1ccccc1)=N\c1nc(Nc2ccc3ccccc3c2)cs1. The Labute approximate surface area is 201 Å². The van der Waals surface area contributed by atoms with Crippen LogP contribution in [0.25, 0.3) is 10.8 Å². The minimum atomic E-state index is 0.424. The minimum absolute atomic E-state index is 0.424. The van der Waals surface area contributed by atoms with E-state index in [1.54, 1.807) is 7.11 Å². The lowest BCUT2D eigenvalue weighted by atomic mass is 10.1. The molecule has 0 saturated carbocycles. The zero-order valence-corrected chi connectivity index (χ0v) is 19.2. The molecule has 7 heteroatoms. The van der Waals surface area contributed by atoms with E-state index in [1.165, 1.54) is 22.1 Å². The fourth-order valence-electron chi connectivity index (χ4n) is 3.44. The van der Waals surface area contributed by atoms with Crippen molar-refractivity contribution >= 4 is 50.3 Å². The van der Waals surface area contributed by atoms with Crippen LogP contribution >= 0.6 is 11.3 Å². The smallest absolute Gasteiger partial charge is 0.213 e. The number of amidine groups is 1. The first kappa shape index (κ1) is 21.5. The molecule has 0 saturated heterocycles. The van der Waals surface area contributed by atoms with Gasteiger partial charge >= 0.3 is 0 Å². The van der Waals surface area contributed by atoms with Crippen molar-refractivity contribution < 1.29 is 4.74 Å². The first-order chi connectivity index (χ1) is 16.8. The van der Waals surface area contributed by atoms with Gasteiger partial charge < -0.3 is 10.1 Å². The van der Waals surface area contributed by atoms with E-state index in [-0.39, 0.29) is 0 Å². The molecule has 1 heterocycles. The third-order valence-corrected chi connectivity index (χ3v) is 5.81. The summed E-state index contributed by atoms with van der Waals surface area (Å²) in [5, 5.41) is 17.0. The number of azo groups is 1. The van der Waals surface area contributed by atoms with Crippen LogP contribution in [0.1, 0.15) is 5.56 Å². The maximum Gasteiger partial charge on any atom is 0.213 e. The van der Waals surface area contributed by atoms with Crippen LogP contribution in [0, 0.1) is 0 Å². The van der Waals surface area contributed by atoms with Gasteiger partial charge in [0.1, 0.15) is 11.6 Å². The Kier molecular flexibility index (Phi) is 6.36. The molecule has 0 atom stereocenters. The minimum Gasteiger partial charge on any atom is -0.496 e. The third-order valence-electron chi connectivity index (χ3n) is 5.08. The van der Waals surface area contributed by atoms with Crippen LogP contribution in [0.5, 0.6) is 5.75 Å². The van der Waals surface area contributed by atoms with Crippen molar-refractivity contribution in [1.82, 2.24) is 4.98 Å². The highest BCUT2D eigenvalue weighted by molar-refractivity contribution is 7.13. The molecule has 0 unspecified atom stereocenters. The number of methoxy groups -OCH3 is 1. The van der Waals surface area contributed by atoms with Crippen molar-refractivity contribution in [2.24, 2.45) is 15.2 Å². The number of ether oxygens (including phenoxy) is 1. The summed E-state index contributed by atoms with van der Waals surface area (Å²) in [4.78, 5) is 9.35. The first-order valence-corrected chi connectivity index (χ1v) is 11.6. The Morgan fingerprint density at radius 2 is 1.62 bits per heavy atom. The Bertz CT molecular complexity index is 1480. The largest absolute Gasteiger partial charge is 0.496 e. The maximum atomic E-state index is 5.52. The monoisotopic (exact) mass is 463 g/mol. The van der Waals surface area contributed by atoms with Gasteiger partial charge in [0, 0.05) is 11.1 Å². The van der Waals surface area contributed by atoms with Gasteiger partial charge in [0.2, 0.25) is 5.13 Å². The summed E-state index contributed by atoms with van der Waals surface area (Å²) >= 11 is 1.43. The van der Waals surface area contributed by atoms with E-state index >= 15 is 0 Å². The summed E-state index contributed by atoms with van der Waals surface area (Å²) in [5.41, 5.74) is 2.44. The molecule has 0 amide bonds. The van der Waals surface area contributed by atoms with Crippen molar-refractivity contribution in [3.8, 4) is 5.75 Å². The van der Waals surface area contributed by atoms with Crippen LogP contribution in [-0.4, -0.2) is 17.9 Å². The molecule has 166 valence electrons. The highest BCUT2D eigenvalue weighted by Crippen LogP contribution is 2.29. The second kappa shape index (κ2) is 10.1. The molecular weight excluding hydrogens is 442 g/mol. The second-order valence-corrected chi connectivity index (χ2v) is 8.21. The summed E-state index contributed by atoms with van der Waals surface area (Å²) in [6.45, 7) is 0. The van der Waals surface area contributed by atoms with E-state index in [0.29, 0.717) is 16.7 Å². The van der Waals surface area contributed by atoms with Gasteiger partial charge in [-0.1, -0.05) is 60.7 Å². The van der Waals surface area contributed by atoms with Crippen LogP contribution in [-0.2, 0) is 0 Å². The molecule has 1 aromatic heterocycles. The van der Waals surface area contributed by atoms with Gasteiger partial charge in [-0.25, -0.2) is 4.98 Å². The number of aliphatic imine (C=N–C) groups is 1. The number of hydrogen-bond donors (Lipinski definition) is 1. The van der Waals surface area contributed by atoms with Crippen molar-refractivity contribution in [1.29, 1.82) is 0 Å². The fourth-order valence-corrected chi connectivity index (χ4v) is 4.06. The highest BCUT2D eigenvalue weighted by atomic mass is 32.1. The molecular formula is C27H21N5OS. The molecule has 0 radical (unpaired) electrons. The summed E-state index contributed by atoms with van der Waals surface area (Å²) < 4.78 is 5.52. The zero-order valence-electron chi connectivity index (χ0n) is 18.4. The summed E-state index contributed by atoms with van der Waals surface area (Å²) in [7, 11) is 1.62. The second-order valence-electron chi connectivity index (χ2n) is 7.37. The lowest BCUT2D eigenvalue weighted by Gasteiger charge is -2.06. The molecule has 6 nitrogen and oxygen atoms in total. The average molecular weight is 464 g/mol. The number of aromatic nitrogens is 1. The lowest BCUT2D eigenvalue weighted by Crippen LogP contribution is -2.00. The number of rotatable bonds is 6. The van der Waals surface area contributed by atoms with Crippen molar-refractivity contribution in [2.45, 2.75) is 0 Å². The van der Waals surface area contributed by atoms with Crippen molar-refractivity contribution in [3.63, 3.8) is 0 Å². The van der Waals surface area contributed by atoms with E-state index in [0.717, 1.165) is 22.8 Å². The van der Waals surface area contributed by atoms with Gasteiger partial charge in [0.15, 0.2) is 5.84 Å². The lowest BCUT2D eigenvalue weighted by molar-refractivity contribution is 0.414. The van der Waals surface area contributed by atoms with Gasteiger partial charge in [-0.2, -0.15) is 4.99 Å². The van der Waals surface area contributed by atoms with E-state index in [9.17, 15) is 0 Å². The Balaban J connectivity index is 1.45. The molecule has 0 aliphatic heterocycles. The van der Waals surface area contributed by atoms with E-state index in [1.807, 2.05) is 78.2 Å². The van der Waals surface area contributed by atoms with Crippen molar-refractivity contribution in [3.05, 3.63) is 108 Å². The van der Waals surface area contributed by atoms with Crippen LogP contribution in [0.2, 0.25) is 0 Å². The predicted molar refractivity (Wildman–Crippen MR) is 139 cm³/mol. The number of fused-ring (bicyclic) bond motifs is 1. The first-order valence-electron chi connectivity index (χ1n) is 10.7. The molecule has 1 N–H and O–H groups in total. The number of hydrogen-bond acceptors (Lipinski definition) is 6. The van der Waals surface area contributed by atoms with E-state index in [2.05, 4.69) is 44.8 Å². The molecule has 0 bridgehead atoms. The normalized spacial score (nSPS) is 11.7. The van der Waals surface area contributed by atoms with Crippen LogP contribution in [0.4, 0.5) is 22.3 Å². The number of nitrogens with zero attached hydrogens (tertiary/aromatic N) is 4. The van der Waals surface area contributed by atoms with Crippen LogP contribution < -0.4 is 10.1 Å². The Hall–Kier alpha value is -4.36. The Morgan fingerprint density at radius 3 is 2.47 bits per heavy atom. The molecule has 0 spiro atoms. The highest BCUT2D eigenvalue weighted by Gasteiger charge is 2.12. The molecule has 0 aliphatic rings. The average Bonchev–Trinajstić information content (AvgIpc) is 3.33. The quantitative estimate of drug-likeness (QED) is 0.158. The molecule has 5 aromatic rings. The third kappa shape index (κ3) is 5.00. The van der Waals surface area contributed by atoms with Gasteiger partial charge in [-0.15, -0.1) is 21.6 Å². The van der Waals surface area contributed by atoms with Gasteiger partial charge in [0.25, 0.3) is 0 Å². The van der Waals surface area contributed by atoms with Gasteiger partial charge in [-0.3, -0.25) is 0 Å². The topological polar surface area (TPSA) is 71.2 Å². The number of benzene rings is 4. The molecule has 0 aliphatic carbocycles. The number of nitrogens with one attached hydrogen (secondary N) is 1. The zero-order chi connectivity index (χ0) is 23.2. The van der Waals surface area contributed by atoms with E-state index < -0.39 is 0 Å². The molecule has 5 rings (SSSR count). The number of anilines is 2. The molecule has 0 fully saturated rings. The van der Waals surface area contributed by atoms with Crippen molar-refractivity contribution in [2.75, 3.05) is 12.4 Å². The fraction of sp³-hybridized carbons (Fsp3) is 0.0370. The van der Waals surface area contributed by atoms with Gasteiger partial charge in [0.05, 0.1) is 18.4 Å². The predicted octanol–water partition coefficient (Wildman–Crippen LogP) is 7.91. The summed E-state index contributed by atoms with van der Waals surface area (Å²) in [6, 6.07) is 31.6. The van der Waals surface area contributed by atoms with Crippen LogP contribution in [0.15, 0.2) is 118 Å². The standard InChI is InChI=1S/C27H21N5OS/c1-33-24-14-8-7-13-23(24)26(32-31-21-11-3-2-4-12-21)30-27-29-25(18-34-27)28-22-16-15-19-9-5-6-10-20(19)17-22/h2-18,28H,1H3/b30-26+,32-31?. The molecule has 4 aromatic carbocycles. The van der Waals surface area contributed by atoms with Gasteiger partial charge in [-0.05, 0) is 47.2 Å². The van der Waals surface area contributed by atoms with Crippen LogP contribution in [0.3, 0.4) is 0 Å². The summed E-state index contributed by atoms with van der Waals surface area (Å²) in [6.07, 6.45) is 0. The number of thiazole rings is 1.